The van der Waals surface area contributed by atoms with Gasteiger partial charge in [-0.1, -0.05) is 249 Å². The van der Waals surface area contributed by atoms with Crippen LogP contribution in [0.2, 0.25) is 0 Å². The summed E-state index contributed by atoms with van der Waals surface area (Å²) in [5.74, 6) is 0. The first-order valence-electron chi connectivity index (χ1n) is 28.8. The normalized spacial score (nSPS) is 13.7. The highest BCUT2D eigenvalue weighted by atomic mass is 15.2. The molecular formula is C76H77BN2. The second-order valence-electron chi connectivity index (χ2n) is 27.9. The maximum Gasteiger partial charge on any atom is 0.252 e. The summed E-state index contributed by atoms with van der Waals surface area (Å²) >= 11 is 0. The highest BCUT2D eigenvalue weighted by molar-refractivity contribution is 7.00. The monoisotopic (exact) mass is 1030 g/mol. The van der Waals surface area contributed by atoms with E-state index in [2.05, 4.69) is 308 Å². The van der Waals surface area contributed by atoms with E-state index in [1.807, 2.05) is 0 Å². The van der Waals surface area contributed by atoms with Gasteiger partial charge in [0, 0.05) is 34.1 Å². The Labute approximate surface area is 472 Å². The first-order valence-corrected chi connectivity index (χ1v) is 28.8. The maximum absolute atomic E-state index is 2.59. The molecule has 0 aromatic heterocycles. The average Bonchev–Trinajstić information content (AvgIpc) is 3.00. The number of nitrogens with zero attached hydrogens (tertiary/aromatic N) is 2. The van der Waals surface area contributed by atoms with Crippen LogP contribution in [-0.2, 0) is 27.1 Å². The van der Waals surface area contributed by atoms with Crippen molar-refractivity contribution in [3.8, 4) is 33.4 Å². The molecule has 0 bridgehead atoms. The summed E-state index contributed by atoms with van der Waals surface area (Å²) in [4.78, 5) is 5.18. The molecule has 0 spiro atoms. The van der Waals surface area contributed by atoms with Crippen molar-refractivity contribution in [1.29, 1.82) is 0 Å². The first kappa shape index (κ1) is 52.1. The van der Waals surface area contributed by atoms with Crippen molar-refractivity contribution in [2.75, 3.05) is 9.80 Å². The average molecular weight is 1030 g/mol. The van der Waals surface area contributed by atoms with Crippen molar-refractivity contribution < 1.29 is 0 Å². The van der Waals surface area contributed by atoms with Crippen molar-refractivity contribution in [2.45, 2.75) is 131 Å². The number of fused-ring (bicyclic) bond motifs is 6. The third-order valence-corrected chi connectivity index (χ3v) is 17.3. The van der Waals surface area contributed by atoms with Crippen LogP contribution in [0, 0.1) is 0 Å². The minimum Gasteiger partial charge on any atom is -0.311 e. The number of benzene rings is 10. The third kappa shape index (κ3) is 9.08. The number of rotatable bonds is 5. The quantitative estimate of drug-likeness (QED) is 0.125. The molecule has 2 aliphatic rings. The van der Waals surface area contributed by atoms with Gasteiger partial charge in [-0.05, 0) is 175 Å². The van der Waals surface area contributed by atoms with E-state index in [4.69, 9.17) is 0 Å². The Bertz CT molecular complexity index is 3940. The number of anilines is 6. The van der Waals surface area contributed by atoms with Crippen LogP contribution in [0.3, 0.4) is 0 Å². The highest BCUT2D eigenvalue weighted by Crippen LogP contribution is 2.49. The molecule has 2 nitrogen and oxygen atoms in total. The molecule has 3 heteroatoms. The minimum absolute atomic E-state index is 0.00520. The Morgan fingerprint density at radius 2 is 0.570 bits per heavy atom. The fraction of sp³-hybridized carbons (Fsp3) is 0.263. The van der Waals surface area contributed by atoms with Gasteiger partial charge < -0.3 is 9.80 Å². The summed E-state index contributed by atoms with van der Waals surface area (Å²) in [5, 5.41) is 5.07. The van der Waals surface area contributed by atoms with Gasteiger partial charge in [-0.15, -0.1) is 0 Å². The molecule has 2 aliphatic heterocycles. The lowest BCUT2D eigenvalue weighted by Gasteiger charge is -2.45. The Morgan fingerprint density at radius 1 is 0.266 bits per heavy atom. The van der Waals surface area contributed by atoms with Crippen molar-refractivity contribution in [3.05, 3.63) is 222 Å². The van der Waals surface area contributed by atoms with Crippen LogP contribution < -0.4 is 26.2 Å². The van der Waals surface area contributed by atoms with Crippen LogP contribution in [0.1, 0.15) is 132 Å². The Hall–Kier alpha value is -7.62. The Balaban J connectivity index is 1.05. The van der Waals surface area contributed by atoms with E-state index in [9.17, 15) is 0 Å². The van der Waals surface area contributed by atoms with E-state index < -0.39 is 0 Å². The largest absolute Gasteiger partial charge is 0.311 e. The zero-order valence-corrected chi connectivity index (χ0v) is 49.4. The molecule has 0 atom stereocenters. The van der Waals surface area contributed by atoms with Crippen molar-refractivity contribution in [1.82, 2.24) is 0 Å². The second kappa shape index (κ2) is 18.5. The topological polar surface area (TPSA) is 6.48 Å². The summed E-state index contributed by atoms with van der Waals surface area (Å²) < 4.78 is 0. The fourth-order valence-electron chi connectivity index (χ4n) is 12.6. The van der Waals surface area contributed by atoms with Crippen molar-refractivity contribution in [3.63, 3.8) is 0 Å². The lowest BCUT2D eigenvalue weighted by molar-refractivity contribution is 0.589. The zero-order valence-electron chi connectivity index (χ0n) is 49.4. The molecule has 12 rings (SSSR count). The standard InChI is InChI=1S/C76H77BN2/c1-72(2,3)52-31-28-50(29-32-52)70-61-22-18-16-20-59(61)69(60-21-17-19-23-62(60)70)49-26-24-48(25-27-49)51-30-42-63-65(44-51)78(57-38-33-53(34-39-57)73(4,5)6)67-46-56(76(13,14)15)47-68-71(67)77(63)64-43-37-55(75(10,11)12)45-66(64)79(68)58-40-35-54(36-41-58)74(7,8)9/h16-47H,1-15H3. The first-order chi connectivity index (χ1) is 37.3. The molecule has 10 aromatic carbocycles. The molecule has 10 aromatic rings. The van der Waals surface area contributed by atoms with E-state index in [0.29, 0.717) is 0 Å². The van der Waals surface area contributed by atoms with Crippen molar-refractivity contribution >= 4 is 78.8 Å². The van der Waals surface area contributed by atoms with E-state index in [1.165, 1.54) is 128 Å². The molecule has 79 heavy (non-hydrogen) atoms. The summed E-state index contributed by atoms with van der Waals surface area (Å²) in [5.41, 5.74) is 25.3. The minimum atomic E-state index is -0.128. The summed E-state index contributed by atoms with van der Waals surface area (Å²) in [6, 6.07) is 75.2. The molecule has 0 unspecified atom stereocenters. The molecule has 0 aliphatic carbocycles. The van der Waals surface area contributed by atoms with Crippen molar-refractivity contribution in [2.24, 2.45) is 0 Å². The second-order valence-corrected chi connectivity index (χ2v) is 27.9. The van der Waals surface area contributed by atoms with Gasteiger partial charge in [-0.2, -0.15) is 0 Å². The van der Waals surface area contributed by atoms with Gasteiger partial charge in [0.25, 0.3) is 6.71 Å². The van der Waals surface area contributed by atoms with Gasteiger partial charge in [-0.25, -0.2) is 0 Å². The van der Waals surface area contributed by atoms with E-state index in [0.717, 1.165) is 5.69 Å². The Morgan fingerprint density at radius 3 is 0.962 bits per heavy atom. The lowest BCUT2D eigenvalue weighted by Crippen LogP contribution is -2.61. The predicted molar refractivity (Wildman–Crippen MR) is 345 cm³/mol. The summed E-state index contributed by atoms with van der Waals surface area (Å²) in [6.45, 7) is 34.8. The molecule has 2 heterocycles. The Kier molecular flexibility index (Phi) is 12.2. The SMILES string of the molecule is CC(C)(C)c1ccc(-c2c3ccccc3c(-c3ccc(-c4ccc5c(c4)N(c4ccc(C(C)(C)C)cc4)c4cc(C(C)(C)C)cc6c4B5c4ccc(C(C)(C)C)cc4N6c4ccc(C(C)(C)C)cc4)cc3)c3ccccc23)cc1. The van der Waals surface area contributed by atoms with Gasteiger partial charge >= 0.3 is 0 Å². The van der Waals surface area contributed by atoms with Gasteiger partial charge in [-0.3, -0.25) is 0 Å². The molecule has 0 fully saturated rings. The van der Waals surface area contributed by atoms with E-state index in [-0.39, 0.29) is 33.8 Å². The maximum atomic E-state index is 2.59. The molecule has 0 N–H and O–H groups in total. The molecule has 0 radical (unpaired) electrons. The van der Waals surface area contributed by atoms with Gasteiger partial charge in [0.15, 0.2) is 0 Å². The van der Waals surface area contributed by atoms with Crippen LogP contribution in [0.15, 0.2) is 194 Å². The number of hydrogen-bond acceptors (Lipinski definition) is 2. The van der Waals surface area contributed by atoms with Gasteiger partial charge in [0.05, 0.1) is 0 Å². The summed E-state index contributed by atoms with van der Waals surface area (Å²) in [7, 11) is 0. The smallest absolute Gasteiger partial charge is 0.252 e. The van der Waals surface area contributed by atoms with Crippen LogP contribution in [0.25, 0.3) is 54.9 Å². The van der Waals surface area contributed by atoms with Crippen LogP contribution >= 0.6 is 0 Å². The van der Waals surface area contributed by atoms with E-state index >= 15 is 0 Å². The fourth-order valence-corrected chi connectivity index (χ4v) is 12.6. The molecule has 0 saturated heterocycles. The van der Waals surface area contributed by atoms with Crippen LogP contribution in [0.4, 0.5) is 34.1 Å². The number of hydrogen-bond donors (Lipinski definition) is 0. The van der Waals surface area contributed by atoms with Gasteiger partial charge in [0.2, 0.25) is 0 Å². The highest BCUT2D eigenvalue weighted by Gasteiger charge is 2.45. The van der Waals surface area contributed by atoms with Crippen LogP contribution in [0.5, 0.6) is 0 Å². The van der Waals surface area contributed by atoms with Gasteiger partial charge in [0.1, 0.15) is 0 Å². The van der Waals surface area contributed by atoms with Crippen LogP contribution in [-0.4, -0.2) is 6.71 Å². The lowest BCUT2D eigenvalue weighted by atomic mass is 9.33. The zero-order chi connectivity index (χ0) is 55.7. The molecule has 394 valence electrons. The predicted octanol–water partition coefficient (Wildman–Crippen LogP) is 19.6. The molecule has 0 amide bonds. The molecule has 0 saturated carbocycles. The summed E-state index contributed by atoms with van der Waals surface area (Å²) in [6.07, 6.45) is 0. The third-order valence-electron chi connectivity index (χ3n) is 17.3. The molecular weight excluding hydrogens is 952 g/mol. The van der Waals surface area contributed by atoms with E-state index in [1.54, 1.807) is 0 Å².